The average Bonchev–Trinajstić information content (AvgIpc) is 3.32. The van der Waals surface area contributed by atoms with Gasteiger partial charge in [0, 0.05) is 34.8 Å². The van der Waals surface area contributed by atoms with Crippen molar-refractivity contribution >= 4 is 29.0 Å². The molecule has 184 valence electrons. The number of anilines is 1. The van der Waals surface area contributed by atoms with Crippen LogP contribution in [0.4, 0.5) is 23.7 Å². The molecule has 4 rings (SSSR count). The second kappa shape index (κ2) is 9.88. The number of pyridine rings is 1. The minimum Gasteiger partial charge on any atom is -0.485 e. The van der Waals surface area contributed by atoms with E-state index in [-0.39, 0.29) is 24.4 Å². The molecule has 1 aliphatic rings. The molecule has 3 atom stereocenters. The third-order valence-corrected chi connectivity index (χ3v) is 6.34. The Bertz CT molecular complexity index is 1210. The van der Waals surface area contributed by atoms with Gasteiger partial charge in [-0.1, -0.05) is 0 Å². The van der Waals surface area contributed by atoms with E-state index in [0.29, 0.717) is 5.75 Å². The van der Waals surface area contributed by atoms with Crippen molar-refractivity contribution in [3.8, 4) is 5.75 Å². The SMILES string of the molecule is NC(=O)N[C@@](c1cc(NC(=O)c2ccc(OCc3nccs3)cn2)ccc1F)(C(F)F)[C@H]1C[C@H]1N. The summed E-state index contributed by atoms with van der Waals surface area (Å²) in [6.45, 7) is 0.249. The monoisotopic (exact) mass is 506 g/mol. The molecular formula is C22H21F3N6O3S. The lowest BCUT2D eigenvalue weighted by molar-refractivity contribution is 0.0171. The van der Waals surface area contributed by atoms with E-state index in [9.17, 15) is 22.8 Å². The van der Waals surface area contributed by atoms with Crippen molar-refractivity contribution in [2.75, 3.05) is 5.32 Å². The largest absolute Gasteiger partial charge is 0.485 e. The predicted octanol–water partition coefficient (Wildman–Crippen LogP) is 2.98. The molecule has 0 spiro atoms. The summed E-state index contributed by atoms with van der Waals surface area (Å²) in [6, 6.07) is 4.19. The van der Waals surface area contributed by atoms with Crippen LogP contribution in [-0.4, -0.2) is 34.4 Å². The molecule has 0 saturated heterocycles. The summed E-state index contributed by atoms with van der Waals surface area (Å²) in [5.41, 5.74) is 7.96. The number of urea groups is 1. The lowest BCUT2D eigenvalue weighted by Crippen LogP contribution is -2.56. The molecule has 1 fully saturated rings. The van der Waals surface area contributed by atoms with Crippen LogP contribution in [0.3, 0.4) is 0 Å². The Hall–Kier alpha value is -3.71. The van der Waals surface area contributed by atoms with Gasteiger partial charge in [0.05, 0.1) is 6.20 Å². The Morgan fingerprint density at radius 2 is 2.03 bits per heavy atom. The number of nitrogens with zero attached hydrogens (tertiary/aromatic N) is 2. The van der Waals surface area contributed by atoms with Gasteiger partial charge in [0.1, 0.15) is 34.4 Å². The number of ether oxygens (including phenoxy) is 1. The molecule has 35 heavy (non-hydrogen) atoms. The lowest BCUT2D eigenvalue weighted by atomic mass is 9.84. The van der Waals surface area contributed by atoms with Gasteiger partial charge in [-0.15, -0.1) is 11.3 Å². The highest BCUT2D eigenvalue weighted by Gasteiger charge is 2.59. The summed E-state index contributed by atoms with van der Waals surface area (Å²) in [5.74, 6) is -2.19. The molecule has 9 nitrogen and oxygen atoms in total. The quantitative estimate of drug-likeness (QED) is 0.351. The maximum atomic E-state index is 14.8. The normalized spacial score (nSPS) is 18.5. The van der Waals surface area contributed by atoms with E-state index in [1.165, 1.54) is 29.7 Å². The number of amides is 3. The van der Waals surface area contributed by atoms with Crippen molar-refractivity contribution in [1.29, 1.82) is 0 Å². The van der Waals surface area contributed by atoms with E-state index in [4.69, 9.17) is 16.2 Å². The zero-order chi connectivity index (χ0) is 25.2. The number of carbonyl (C=O) groups is 2. The minimum atomic E-state index is -3.22. The van der Waals surface area contributed by atoms with Crippen LogP contribution in [0.25, 0.3) is 0 Å². The fourth-order valence-electron chi connectivity index (χ4n) is 3.82. The summed E-state index contributed by atoms with van der Waals surface area (Å²) in [6.07, 6.45) is -0.0649. The number of primary amides is 1. The maximum absolute atomic E-state index is 14.8. The number of carbonyl (C=O) groups excluding carboxylic acids is 2. The van der Waals surface area contributed by atoms with E-state index in [1.807, 2.05) is 10.7 Å². The van der Waals surface area contributed by atoms with Crippen LogP contribution < -0.4 is 26.8 Å². The number of hydrogen-bond donors (Lipinski definition) is 4. The summed E-state index contributed by atoms with van der Waals surface area (Å²) in [4.78, 5) is 32.3. The van der Waals surface area contributed by atoms with Gasteiger partial charge in [-0.25, -0.2) is 27.9 Å². The molecule has 1 saturated carbocycles. The van der Waals surface area contributed by atoms with Crippen molar-refractivity contribution in [3.05, 3.63) is 70.2 Å². The van der Waals surface area contributed by atoms with Crippen LogP contribution in [0.1, 0.15) is 27.5 Å². The van der Waals surface area contributed by atoms with E-state index in [2.05, 4.69) is 15.3 Å². The van der Waals surface area contributed by atoms with Crippen LogP contribution >= 0.6 is 11.3 Å². The third-order valence-electron chi connectivity index (χ3n) is 5.58. The molecule has 6 N–H and O–H groups in total. The van der Waals surface area contributed by atoms with Gasteiger partial charge < -0.3 is 26.8 Å². The van der Waals surface area contributed by atoms with Gasteiger partial charge in [-0.05, 0) is 36.8 Å². The van der Waals surface area contributed by atoms with Crippen molar-refractivity contribution in [2.45, 2.75) is 31.0 Å². The van der Waals surface area contributed by atoms with E-state index < -0.39 is 47.2 Å². The molecular weight excluding hydrogens is 485 g/mol. The average molecular weight is 507 g/mol. The van der Waals surface area contributed by atoms with Gasteiger partial charge in [0.15, 0.2) is 0 Å². The Morgan fingerprint density at radius 3 is 2.60 bits per heavy atom. The van der Waals surface area contributed by atoms with E-state index >= 15 is 0 Å². The van der Waals surface area contributed by atoms with Crippen LogP contribution in [0.2, 0.25) is 0 Å². The molecule has 0 bridgehead atoms. The fourth-order valence-corrected chi connectivity index (χ4v) is 4.35. The number of nitrogens with two attached hydrogens (primary N) is 2. The Labute approximate surface area is 201 Å². The number of rotatable bonds is 9. The minimum absolute atomic E-state index is 0.0112. The summed E-state index contributed by atoms with van der Waals surface area (Å²) in [7, 11) is 0. The standard InChI is InChI=1S/C22H21F3N6O3S/c23-15-3-1-11(7-13(15)22(20(24)25,31-21(27)33)14-8-16(14)26)30-19(32)17-4-2-12(9-29-17)34-10-18-28-5-6-35-18/h1-7,9,14,16,20H,8,10,26H2,(H,30,32)(H3,27,31,33)/t14-,16+,22+/m0/s1. The molecule has 0 radical (unpaired) electrons. The highest BCUT2D eigenvalue weighted by molar-refractivity contribution is 7.09. The lowest BCUT2D eigenvalue weighted by Gasteiger charge is -2.35. The number of halogens is 3. The molecule has 1 aromatic carbocycles. The molecule has 0 unspecified atom stereocenters. The predicted molar refractivity (Wildman–Crippen MR) is 122 cm³/mol. The zero-order valence-corrected chi connectivity index (χ0v) is 18.9. The molecule has 3 amide bonds. The zero-order valence-electron chi connectivity index (χ0n) is 18.1. The highest BCUT2D eigenvalue weighted by atomic mass is 32.1. The molecule has 13 heteroatoms. The number of aromatic nitrogens is 2. The van der Waals surface area contributed by atoms with Gasteiger partial charge in [0.2, 0.25) is 0 Å². The Balaban J connectivity index is 1.53. The Kier molecular flexibility index (Phi) is 6.89. The van der Waals surface area contributed by atoms with Crippen LogP contribution in [0.5, 0.6) is 5.75 Å². The number of hydrogen-bond acceptors (Lipinski definition) is 7. The highest BCUT2D eigenvalue weighted by Crippen LogP contribution is 2.49. The second-order valence-corrected chi connectivity index (χ2v) is 8.89. The van der Waals surface area contributed by atoms with Gasteiger partial charge >= 0.3 is 6.03 Å². The smallest absolute Gasteiger partial charge is 0.313 e. The maximum Gasteiger partial charge on any atom is 0.313 e. The first-order chi connectivity index (χ1) is 16.7. The van der Waals surface area contributed by atoms with Gasteiger partial charge in [0.25, 0.3) is 12.3 Å². The number of thiazole rings is 1. The van der Waals surface area contributed by atoms with E-state index in [1.54, 1.807) is 12.3 Å². The molecule has 2 aromatic heterocycles. The fraction of sp³-hybridized carbons (Fsp3) is 0.273. The molecule has 0 aliphatic heterocycles. The number of alkyl halides is 2. The van der Waals surface area contributed by atoms with Crippen molar-refractivity contribution < 1.29 is 27.5 Å². The first-order valence-corrected chi connectivity index (χ1v) is 11.3. The van der Waals surface area contributed by atoms with Gasteiger partial charge in [-0.2, -0.15) is 0 Å². The second-order valence-electron chi connectivity index (χ2n) is 7.91. The van der Waals surface area contributed by atoms with Crippen molar-refractivity contribution in [1.82, 2.24) is 15.3 Å². The van der Waals surface area contributed by atoms with E-state index in [0.717, 1.165) is 17.1 Å². The number of nitrogens with one attached hydrogen (secondary N) is 2. The summed E-state index contributed by atoms with van der Waals surface area (Å²) in [5, 5.41) is 7.10. The summed E-state index contributed by atoms with van der Waals surface area (Å²) >= 11 is 1.43. The topological polar surface area (TPSA) is 145 Å². The van der Waals surface area contributed by atoms with Gasteiger partial charge in [-0.3, -0.25) is 4.79 Å². The van der Waals surface area contributed by atoms with Crippen molar-refractivity contribution in [2.24, 2.45) is 17.4 Å². The molecule has 3 aromatic rings. The molecule has 2 heterocycles. The summed E-state index contributed by atoms with van der Waals surface area (Å²) < 4.78 is 48.9. The van der Waals surface area contributed by atoms with Crippen LogP contribution in [-0.2, 0) is 12.1 Å². The third kappa shape index (κ3) is 5.20. The number of benzene rings is 1. The first kappa shape index (κ1) is 24.4. The Morgan fingerprint density at radius 1 is 1.26 bits per heavy atom. The van der Waals surface area contributed by atoms with Crippen LogP contribution in [0, 0.1) is 11.7 Å². The molecule has 1 aliphatic carbocycles. The van der Waals surface area contributed by atoms with Crippen molar-refractivity contribution in [3.63, 3.8) is 0 Å². The van der Waals surface area contributed by atoms with Crippen LogP contribution in [0.15, 0.2) is 48.1 Å². The first-order valence-electron chi connectivity index (χ1n) is 10.4.